The molecule has 3 heterocycles. The van der Waals surface area contributed by atoms with E-state index in [1.54, 1.807) is 28.0 Å². The highest BCUT2D eigenvalue weighted by molar-refractivity contribution is 7.13. The average molecular weight is 411 g/mol. The highest BCUT2D eigenvalue weighted by atomic mass is 35.5. The summed E-state index contributed by atoms with van der Waals surface area (Å²) < 4.78 is 1.73. The van der Waals surface area contributed by atoms with E-state index in [2.05, 4.69) is 5.10 Å². The maximum absolute atomic E-state index is 13.4. The normalized spacial score (nSPS) is 11.1. The van der Waals surface area contributed by atoms with E-state index in [1.165, 1.54) is 0 Å². The first-order valence-electron chi connectivity index (χ1n) is 8.82. The van der Waals surface area contributed by atoms with Gasteiger partial charge in [0.1, 0.15) is 0 Å². The Labute approximate surface area is 172 Å². The van der Waals surface area contributed by atoms with Crippen LogP contribution in [0.3, 0.4) is 0 Å². The fraction of sp³-hybridized carbons (Fsp3) is 0.190. The molecule has 0 fully saturated rings. The highest BCUT2D eigenvalue weighted by Gasteiger charge is 2.22. The van der Waals surface area contributed by atoms with Gasteiger partial charge in [-0.25, -0.2) is 4.98 Å². The molecule has 0 N–H and O–H groups in total. The topological polar surface area (TPSA) is 51.0 Å². The van der Waals surface area contributed by atoms with Gasteiger partial charge in [-0.3, -0.25) is 9.48 Å². The third-order valence-electron chi connectivity index (χ3n) is 4.63. The molecule has 4 rings (SSSR count). The molecule has 0 bridgehead atoms. The SMILES string of the molecule is Cc1nn(C)c2nc(-c3cccs3)cc(C(=O)N(C)Cc3cccc(Cl)c3)c12. The minimum absolute atomic E-state index is 0.0683. The van der Waals surface area contributed by atoms with Crippen molar-refractivity contribution in [1.29, 1.82) is 0 Å². The molecule has 1 amide bonds. The van der Waals surface area contributed by atoms with Crippen LogP contribution < -0.4 is 0 Å². The molecule has 0 spiro atoms. The quantitative estimate of drug-likeness (QED) is 0.479. The van der Waals surface area contributed by atoms with Crippen LogP contribution in [0, 0.1) is 6.92 Å². The van der Waals surface area contributed by atoms with Gasteiger partial charge < -0.3 is 4.90 Å². The van der Waals surface area contributed by atoms with E-state index in [0.29, 0.717) is 22.8 Å². The van der Waals surface area contributed by atoms with Gasteiger partial charge in [-0.1, -0.05) is 29.8 Å². The Bertz CT molecular complexity index is 1170. The fourth-order valence-electron chi connectivity index (χ4n) is 3.35. The summed E-state index contributed by atoms with van der Waals surface area (Å²) in [6, 6.07) is 13.4. The predicted octanol–water partition coefficient (Wildman–Crippen LogP) is 4.93. The van der Waals surface area contributed by atoms with E-state index in [9.17, 15) is 4.79 Å². The molecule has 0 unspecified atom stereocenters. The van der Waals surface area contributed by atoms with Crippen molar-refractivity contribution in [3.63, 3.8) is 0 Å². The van der Waals surface area contributed by atoms with Crippen molar-refractivity contribution in [1.82, 2.24) is 19.7 Å². The Morgan fingerprint density at radius 3 is 2.79 bits per heavy atom. The zero-order chi connectivity index (χ0) is 19.8. The lowest BCUT2D eigenvalue weighted by atomic mass is 10.1. The number of pyridine rings is 1. The third-order valence-corrected chi connectivity index (χ3v) is 5.76. The van der Waals surface area contributed by atoms with E-state index in [4.69, 9.17) is 16.6 Å². The van der Waals surface area contributed by atoms with Gasteiger partial charge in [-0.15, -0.1) is 11.3 Å². The summed E-state index contributed by atoms with van der Waals surface area (Å²) in [6.45, 7) is 2.37. The monoisotopic (exact) mass is 410 g/mol. The summed E-state index contributed by atoms with van der Waals surface area (Å²) in [5, 5.41) is 7.94. The second-order valence-corrected chi connectivity index (χ2v) is 8.12. The Morgan fingerprint density at radius 2 is 2.07 bits per heavy atom. The predicted molar refractivity (Wildman–Crippen MR) is 114 cm³/mol. The van der Waals surface area contributed by atoms with Crippen LogP contribution in [0.25, 0.3) is 21.6 Å². The number of hydrogen-bond acceptors (Lipinski definition) is 4. The number of amides is 1. The number of benzene rings is 1. The Balaban J connectivity index is 1.79. The second-order valence-electron chi connectivity index (χ2n) is 6.73. The number of halogens is 1. The third kappa shape index (κ3) is 3.41. The summed E-state index contributed by atoms with van der Waals surface area (Å²) in [5.41, 5.74) is 3.88. The average Bonchev–Trinajstić information content (AvgIpc) is 3.29. The van der Waals surface area contributed by atoms with Crippen LogP contribution in [0.1, 0.15) is 21.6 Å². The van der Waals surface area contributed by atoms with Crippen LogP contribution in [-0.2, 0) is 13.6 Å². The highest BCUT2D eigenvalue weighted by Crippen LogP contribution is 2.30. The molecule has 0 radical (unpaired) electrons. The molecule has 0 aliphatic carbocycles. The number of aryl methyl sites for hydroxylation is 2. The molecule has 0 aliphatic rings. The Hall–Kier alpha value is -2.70. The van der Waals surface area contributed by atoms with Crippen molar-refractivity contribution >= 4 is 39.9 Å². The number of carbonyl (C=O) groups is 1. The summed E-state index contributed by atoms with van der Waals surface area (Å²) >= 11 is 7.68. The Kier molecular flexibility index (Phi) is 4.91. The van der Waals surface area contributed by atoms with Gasteiger partial charge in [0.05, 0.1) is 27.2 Å². The zero-order valence-electron chi connectivity index (χ0n) is 15.8. The maximum atomic E-state index is 13.4. The summed E-state index contributed by atoms with van der Waals surface area (Å²) in [4.78, 5) is 20.8. The molecule has 142 valence electrons. The van der Waals surface area contributed by atoms with Crippen molar-refractivity contribution in [2.75, 3.05) is 7.05 Å². The minimum atomic E-state index is -0.0683. The van der Waals surface area contributed by atoms with Crippen molar-refractivity contribution < 1.29 is 4.79 Å². The molecule has 28 heavy (non-hydrogen) atoms. The van der Waals surface area contributed by atoms with Crippen LogP contribution >= 0.6 is 22.9 Å². The maximum Gasteiger partial charge on any atom is 0.254 e. The molecule has 1 aromatic carbocycles. The molecule has 4 aromatic rings. The molecule has 0 atom stereocenters. The lowest BCUT2D eigenvalue weighted by Gasteiger charge is -2.18. The van der Waals surface area contributed by atoms with Crippen LogP contribution in [0.5, 0.6) is 0 Å². The van der Waals surface area contributed by atoms with Crippen LogP contribution in [-0.4, -0.2) is 32.6 Å². The van der Waals surface area contributed by atoms with Gasteiger partial charge in [-0.2, -0.15) is 5.10 Å². The summed E-state index contributed by atoms with van der Waals surface area (Å²) in [7, 11) is 3.65. The van der Waals surface area contributed by atoms with Gasteiger partial charge in [0.2, 0.25) is 0 Å². The van der Waals surface area contributed by atoms with E-state index >= 15 is 0 Å². The van der Waals surface area contributed by atoms with Gasteiger partial charge in [0.15, 0.2) is 5.65 Å². The molecule has 0 saturated heterocycles. The fourth-order valence-corrected chi connectivity index (χ4v) is 4.25. The van der Waals surface area contributed by atoms with E-state index in [-0.39, 0.29) is 5.91 Å². The van der Waals surface area contributed by atoms with Crippen LogP contribution in [0.15, 0.2) is 47.8 Å². The number of thiophene rings is 1. The number of nitrogens with zero attached hydrogens (tertiary/aromatic N) is 4. The molecular formula is C21H19ClN4OS. The van der Waals surface area contributed by atoms with E-state index < -0.39 is 0 Å². The van der Waals surface area contributed by atoms with E-state index in [0.717, 1.165) is 27.2 Å². The van der Waals surface area contributed by atoms with Crippen LogP contribution in [0.2, 0.25) is 5.02 Å². The molecule has 7 heteroatoms. The first kappa shape index (κ1) is 18.7. The lowest BCUT2D eigenvalue weighted by molar-refractivity contribution is 0.0787. The first-order chi connectivity index (χ1) is 13.4. The number of carbonyl (C=O) groups excluding carboxylic acids is 1. The first-order valence-corrected chi connectivity index (χ1v) is 10.1. The molecule has 3 aromatic heterocycles. The van der Waals surface area contributed by atoms with Crippen molar-refractivity contribution in [3.05, 3.63) is 69.7 Å². The van der Waals surface area contributed by atoms with Gasteiger partial charge >= 0.3 is 0 Å². The lowest BCUT2D eigenvalue weighted by Crippen LogP contribution is -2.26. The second kappa shape index (κ2) is 7.37. The molecular weight excluding hydrogens is 392 g/mol. The molecule has 0 aliphatic heterocycles. The summed E-state index contributed by atoms with van der Waals surface area (Å²) in [6.07, 6.45) is 0. The number of fused-ring (bicyclic) bond motifs is 1. The molecule has 0 saturated carbocycles. The number of rotatable bonds is 4. The van der Waals surface area contributed by atoms with Gasteiger partial charge in [0.25, 0.3) is 5.91 Å². The van der Waals surface area contributed by atoms with Gasteiger partial charge in [-0.05, 0) is 42.1 Å². The van der Waals surface area contributed by atoms with Crippen molar-refractivity contribution in [3.8, 4) is 10.6 Å². The van der Waals surface area contributed by atoms with Crippen molar-refractivity contribution in [2.24, 2.45) is 7.05 Å². The standard InChI is InChI=1S/C21H19ClN4OS/c1-13-19-16(21(27)25(2)12-14-6-4-7-15(22)10-14)11-17(18-8-5-9-28-18)23-20(19)26(3)24-13/h4-11H,12H2,1-3H3. The van der Waals surface area contributed by atoms with Crippen molar-refractivity contribution in [2.45, 2.75) is 13.5 Å². The zero-order valence-corrected chi connectivity index (χ0v) is 17.4. The smallest absolute Gasteiger partial charge is 0.254 e. The molecule has 5 nitrogen and oxygen atoms in total. The number of aromatic nitrogens is 3. The van der Waals surface area contributed by atoms with Crippen LogP contribution in [0.4, 0.5) is 0 Å². The summed E-state index contributed by atoms with van der Waals surface area (Å²) in [5.74, 6) is -0.0683. The van der Waals surface area contributed by atoms with E-state index in [1.807, 2.05) is 61.8 Å². The number of hydrogen-bond donors (Lipinski definition) is 0. The largest absolute Gasteiger partial charge is 0.337 e. The van der Waals surface area contributed by atoms with Gasteiger partial charge in [0, 0.05) is 25.7 Å². The minimum Gasteiger partial charge on any atom is -0.337 e. The Morgan fingerprint density at radius 1 is 1.25 bits per heavy atom.